The Morgan fingerprint density at radius 1 is 0.661 bits per heavy atom. The first-order valence-corrected chi connectivity index (χ1v) is 17.3. The van der Waals surface area contributed by atoms with Crippen LogP contribution in [0.5, 0.6) is 0 Å². The molecule has 0 radical (unpaired) electrons. The molecule has 4 heterocycles. The number of carbonyl (C=O) groups excluding carboxylic acids is 3. The molecule has 2 unspecified atom stereocenters. The number of carboxylic acid groups (broad SMARTS) is 1. The second kappa shape index (κ2) is 17.4. The molecule has 4 aromatic carbocycles. The molecule has 15 nitrogen and oxygen atoms in total. The quantitative estimate of drug-likeness (QED) is 0.120. The number of carboxylic acids is 1. The van der Waals surface area contributed by atoms with E-state index in [4.69, 9.17) is 9.84 Å². The van der Waals surface area contributed by atoms with Crippen LogP contribution in [-0.4, -0.2) is 74.4 Å². The van der Waals surface area contributed by atoms with Crippen LogP contribution in [0.15, 0.2) is 107 Å². The molecule has 16 heteroatoms. The van der Waals surface area contributed by atoms with E-state index in [1.165, 1.54) is 4.90 Å². The largest absolute Gasteiger partial charge is 1.00 e. The third-order valence-corrected chi connectivity index (χ3v) is 9.58. The molecule has 0 aliphatic carbocycles. The van der Waals surface area contributed by atoms with Crippen molar-refractivity contribution < 1.29 is 53.4 Å². The number of rotatable bonds is 7. The summed E-state index contributed by atoms with van der Waals surface area (Å²) in [5.41, 5.74) is 3.81. The predicted octanol–water partition coefficient (Wildman–Crippen LogP) is 1.36. The van der Waals surface area contributed by atoms with Gasteiger partial charge >= 0.3 is 30.8 Å². The van der Waals surface area contributed by atoms with Gasteiger partial charge in [0.2, 0.25) is 11.8 Å². The van der Waals surface area contributed by atoms with Crippen LogP contribution < -0.4 is 39.8 Å². The summed E-state index contributed by atoms with van der Waals surface area (Å²) >= 11 is 0. The number of amides is 2. The number of aromatic amines is 2. The van der Waals surface area contributed by atoms with Crippen LogP contribution in [0.4, 0.5) is 11.4 Å². The number of carbonyl (C=O) groups is 4. The molecular formula is C40H35LiN6O9. The molecule has 280 valence electrons. The van der Waals surface area contributed by atoms with Gasteiger partial charge in [-0.3, -0.25) is 28.8 Å². The van der Waals surface area contributed by atoms with Crippen molar-refractivity contribution in [2.24, 2.45) is 11.8 Å². The van der Waals surface area contributed by atoms with Crippen LogP contribution in [0.1, 0.15) is 19.8 Å². The van der Waals surface area contributed by atoms with Gasteiger partial charge in [0.15, 0.2) is 0 Å². The molecule has 0 bridgehead atoms. The van der Waals surface area contributed by atoms with Crippen molar-refractivity contribution in [3.05, 3.63) is 118 Å². The summed E-state index contributed by atoms with van der Waals surface area (Å²) in [5, 5.41) is 25.1. The number of benzene rings is 4. The third kappa shape index (κ3) is 7.87. The van der Waals surface area contributed by atoms with E-state index in [9.17, 15) is 28.8 Å². The zero-order chi connectivity index (χ0) is 37.9. The van der Waals surface area contributed by atoms with Crippen LogP contribution in [0.3, 0.4) is 0 Å². The first-order valence-electron chi connectivity index (χ1n) is 17.3. The van der Waals surface area contributed by atoms with E-state index in [0.717, 1.165) is 21.9 Å². The van der Waals surface area contributed by atoms with Gasteiger partial charge in [-0.05, 0) is 56.2 Å². The number of ether oxygens (including phenoxy) is 1. The normalized spacial score (nSPS) is 16.2. The van der Waals surface area contributed by atoms with E-state index < -0.39 is 29.7 Å². The minimum atomic E-state index is -1.09. The van der Waals surface area contributed by atoms with E-state index in [1.807, 2.05) is 66.7 Å². The topological polar surface area (TPSA) is 226 Å². The standard InChI is InChI=1S/C21H19N3O4.C19H15N3O4.Li.H2O/c1-2-28-21(27)17-11-12-24(20(17)26)14-9-7-13(8-10-14)18-15-5-3-4-6-16(15)19(25)23-22-18;23-17-14-4-2-1-3-13(14)16(20-21-17)11-5-7-12(8-6-11)22-10-9-15(18(22)24)19(25)26;;/h3-10,17H,2,11-12H2,1H3,(H,23,25);1-8,15H,9-10H2,(H,21,23)(H,25,26);;1H2/q;;+1;/p-1. The predicted molar refractivity (Wildman–Crippen MR) is 203 cm³/mol. The fraction of sp³-hybridized carbons (Fsp3) is 0.200. The van der Waals surface area contributed by atoms with Gasteiger partial charge in [-0.15, -0.1) is 0 Å². The summed E-state index contributed by atoms with van der Waals surface area (Å²) in [6.45, 7) is 2.84. The first-order chi connectivity index (χ1) is 26.2. The number of nitrogens with zero attached hydrogens (tertiary/aromatic N) is 4. The van der Waals surface area contributed by atoms with E-state index in [-0.39, 0.29) is 48.0 Å². The Hall–Kier alpha value is -6.40. The summed E-state index contributed by atoms with van der Waals surface area (Å²) in [7, 11) is 0. The molecule has 56 heavy (non-hydrogen) atoms. The van der Waals surface area contributed by atoms with Gasteiger partial charge in [0.05, 0.1) is 28.8 Å². The molecule has 2 atom stereocenters. The van der Waals surface area contributed by atoms with E-state index in [0.29, 0.717) is 59.5 Å². The zero-order valence-electron chi connectivity index (χ0n) is 30.5. The van der Waals surface area contributed by atoms with Crippen molar-refractivity contribution in [1.82, 2.24) is 20.4 Å². The second-order valence-electron chi connectivity index (χ2n) is 12.7. The molecular weight excluding hydrogens is 715 g/mol. The number of hydrogen-bond acceptors (Lipinski definition) is 10. The van der Waals surface area contributed by atoms with E-state index in [2.05, 4.69) is 20.4 Å². The number of aliphatic carboxylic acids is 1. The first kappa shape index (κ1) is 40.8. The minimum Gasteiger partial charge on any atom is -0.870 e. The number of H-pyrrole nitrogens is 2. The number of esters is 1. The molecule has 6 aromatic rings. The van der Waals surface area contributed by atoms with Crippen LogP contribution in [0.25, 0.3) is 44.1 Å². The second-order valence-corrected chi connectivity index (χ2v) is 12.7. The zero-order valence-corrected chi connectivity index (χ0v) is 30.5. The molecule has 2 saturated heterocycles. The van der Waals surface area contributed by atoms with Crippen LogP contribution in [0.2, 0.25) is 0 Å². The van der Waals surface area contributed by atoms with Crippen molar-refractivity contribution in [1.29, 1.82) is 0 Å². The summed E-state index contributed by atoms with van der Waals surface area (Å²) < 4.78 is 4.98. The number of hydrogen-bond donors (Lipinski definition) is 3. The maximum atomic E-state index is 12.6. The maximum Gasteiger partial charge on any atom is 1.00 e. The third-order valence-electron chi connectivity index (χ3n) is 9.58. The van der Waals surface area contributed by atoms with Gasteiger partial charge in [-0.25, -0.2) is 10.2 Å². The summed E-state index contributed by atoms with van der Waals surface area (Å²) in [6, 6.07) is 29.0. The maximum absolute atomic E-state index is 12.6. The van der Waals surface area contributed by atoms with Gasteiger partial charge in [0.1, 0.15) is 11.8 Å². The summed E-state index contributed by atoms with van der Waals surface area (Å²) in [5.74, 6) is -3.88. The average Bonchev–Trinajstić information content (AvgIpc) is 3.78. The Morgan fingerprint density at radius 3 is 1.45 bits per heavy atom. The summed E-state index contributed by atoms with van der Waals surface area (Å²) in [6.07, 6.45) is 0.758. The van der Waals surface area contributed by atoms with Gasteiger partial charge in [-0.1, -0.05) is 60.7 Å². The monoisotopic (exact) mass is 750 g/mol. The Kier molecular flexibility index (Phi) is 12.7. The Labute approximate surface area is 330 Å². The molecule has 2 aliphatic rings. The Morgan fingerprint density at radius 2 is 1.05 bits per heavy atom. The molecule has 0 spiro atoms. The minimum absolute atomic E-state index is 0. The van der Waals surface area contributed by atoms with Crippen molar-refractivity contribution >= 4 is 56.7 Å². The van der Waals surface area contributed by atoms with Crippen molar-refractivity contribution in [3.63, 3.8) is 0 Å². The summed E-state index contributed by atoms with van der Waals surface area (Å²) in [4.78, 5) is 74.7. The molecule has 0 saturated carbocycles. The Balaban J connectivity index is 0.000000207. The Bertz CT molecular complexity index is 2540. The number of nitrogens with one attached hydrogen (secondary N) is 2. The fourth-order valence-electron chi connectivity index (χ4n) is 6.83. The van der Waals surface area contributed by atoms with Gasteiger partial charge < -0.3 is 25.1 Å². The van der Waals surface area contributed by atoms with E-state index in [1.54, 1.807) is 42.2 Å². The van der Waals surface area contributed by atoms with Crippen LogP contribution in [-0.2, 0) is 23.9 Å². The molecule has 2 aliphatic heterocycles. The molecule has 4 N–H and O–H groups in total. The van der Waals surface area contributed by atoms with Crippen molar-refractivity contribution in [3.8, 4) is 22.5 Å². The van der Waals surface area contributed by atoms with Crippen molar-refractivity contribution in [2.75, 3.05) is 29.5 Å². The number of aromatic nitrogens is 4. The fourth-order valence-corrected chi connectivity index (χ4v) is 6.83. The van der Waals surface area contributed by atoms with Crippen LogP contribution in [0, 0.1) is 11.8 Å². The number of fused-ring (bicyclic) bond motifs is 2. The van der Waals surface area contributed by atoms with E-state index >= 15 is 0 Å². The molecule has 2 aromatic heterocycles. The van der Waals surface area contributed by atoms with Gasteiger partial charge in [0, 0.05) is 46.4 Å². The van der Waals surface area contributed by atoms with Gasteiger partial charge in [0.25, 0.3) is 11.1 Å². The smallest absolute Gasteiger partial charge is 0.870 e. The molecule has 2 amide bonds. The molecule has 2 fully saturated rings. The van der Waals surface area contributed by atoms with Crippen LogP contribution >= 0.6 is 0 Å². The molecule has 8 rings (SSSR count). The SMILES string of the molecule is CCOC(=O)C1CCN(c2ccc(-c3n[nH]c(=O)c4ccccc34)cc2)C1=O.O=C(O)C1CCN(c2ccc(-c3n[nH]c(=O)c4ccccc34)cc2)C1=O.[Li+].[OH-]. The average molecular weight is 751 g/mol. The van der Waals surface area contributed by atoms with Crippen molar-refractivity contribution in [2.45, 2.75) is 19.8 Å². The number of anilines is 2. The van der Waals surface area contributed by atoms with Gasteiger partial charge in [-0.2, -0.15) is 10.2 Å².